The van der Waals surface area contributed by atoms with Crippen molar-refractivity contribution < 1.29 is 0 Å². The second-order valence-corrected chi connectivity index (χ2v) is 5.11. The van der Waals surface area contributed by atoms with E-state index in [9.17, 15) is 0 Å². The molecule has 6 heteroatoms. The maximum absolute atomic E-state index is 6.15. The van der Waals surface area contributed by atoms with E-state index < -0.39 is 0 Å². The minimum atomic E-state index is 0.491. The predicted octanol–water partition coefficient (Wildman–Crippen LogP) is 4.14. The van der Waals surface area contributed by atoms with Crippen LogP contribution in [0.1, 0.15) is 18.2 Å². The largest absolute Gasteiger partial charge is 0.369 e. The first kappa shape index (κ1) is 14.9. The van der Waals surface area contributed by atoms with Gasteiger partial charge in [0.15, 0.2) is 0 Å². The molecular formula is C14H16Cl2N4. The Morgan fingerprint density at radius 2 is 1.85 bits per heavy atom. The van der Waals surface area contributed by atoms with Gasteiger partial charge in [-0.25, -0.2) is 4.98 Å². The van der Waals surface area contributed by atoms with E-state index in [0.717, 1.165) is 17.8 Å². The van der Waals surface area contributed by atoms with Crippen LogP contribution in [0.3, 0.4) is 0 Å². The van der Waals surface area contributed by atoms with Gasteiger partial charge in [0, 0.05) is 12.7 Å². The minimum Gasteiger partial charge on any atom is -0.369 e. The molecule has 106 valence electrons. The first-order valence-electron chi connectivity index (χ1n) is 6.36. The number of halogens is 2. The van der Waals surface area contributed by atoms with Crippen molar-refractivity contribution in [3.8, 4) is 0 Å². The Labute approximate surface area is 128 Å². The van der Waals surface area contributed by atoms with E-state index in [-0.39, 0.29) is 0 Å². The summed E-state index contributed by atoms with van der Waals surface area (Å²) in [5.41, 5.74) is 2.09. The van der Waals surface area contributed by atoms with Gasteiger partial charge in [0.1, 0.15) is 11.6 Å². The third-order valence-electron chi connectivity index (χ3n) is 2.81. The van der Waals surface area contributed by atoms with Crippen LogP contribution in [-0.4, -0.2) is 16.5 Å². The first-order chi connectivity index (χ1) is 9.61. The molecule has 0 atom stereocenters. The second-order valence-electron chi connectivity index (χ2n) is 4.30. The normalized spacial score (nSPS) is 10.4. The van der Waals surface area contributed by atoms with Gasteiger partial charge in [0.2, 0.25) is 0 Å². The number of anilines is 2. The Bertz CT molecular complexity index is 602. The Kier molecular flexibility index (Phi) is 5.04. The zero-order valence-electron chi connectivity index (χ0n) is 11.4. The third-order valence-corrected chi connectivity index (χ3v) is 3.39. The molecule has 20 heavy (non-hydrogen) atoms. The number of aryl methyl sites for hydroxylation is 1. The summed E-state index contributed by atoms with van der Waals surface area (Å²) in [6.45, 7) is 5.31. The molecule has 0 spiro atoms. The summed E-state index contributed by atoms with van der Waals surface area (Å²) in [6, 6.07) is 5.61. The standard InChI is InChI=1S/C14H16Cl2N4/c1-3-17-13-10(15)7-11(16)14(20-13)19-8-12-9(2)5-4-6-18-12/h4-7H,3,8H2,1-2H3,(H2,17,19,20). The molecule has 0 aliphatic carbocycles. The molecule has 2 N–H and O–H groups in total. The highest BCUT2D eigenvalue weighted by molar-refractivity contribution is 6.37. The summed E-state index contributed by atoms with van der Waals surface area (Å²) < 4.78 is 0. The van der Waals surface area contributed by atoms with Crippen LogP contribution in [0.4, 0.5) is 11.6 Å². The number of hydrogen-bond donors (Lipinski definition) is 2. The van der Waals surface area contributed by atoms with Crippen molar-refractivity contribution >= 4 is 34.8 Å². The van der Waals surface area contributed by atoms with Crippen LogP contribution in [0.2, 0.25) is 10.0 Å². The summed E-state index contributed by atoms with van der Waals surface area (Å²) in [5.74, 6) is 1.22. The SMILES string of the molecule is CCNc1nc(NCc2ncccc2C)c(Cl)cc1Cl. The van der Waals surface area contributed by atoms with E-state index in [1.807, 2.05) is 26.0 Å². The molecule has 0 radical (unpaired) electrons. The van der Waals surface area contributed by atoms with E-state index in [1.54, 1.807) is 12.3 Å². The maximum atomic E-state index is 6.15. The van der Waals surface area contributed by atoms with E-state index >= 15 is 0 Å². The van der Waals surface area contributed by atoms with Crippen LogP contribution in [0.25, 0.3) is 0 Å². The summed E-state index contributed by atoms with van der Waals surface area (Å²) in [5, 5.41) is 7.29. The number of aromatic nitrogens is 2. The highest BCUT2D eigenvalue weighted by atomic mass is 35.5. The topological polar surface area (TPSA) is 49.8 Å². The quantitative estimate of drug-likeness (QED) is 0.871. The van der Waals surface area contributed by atoms with Crippen molar-refractivity contribution in [3.05, 3.63) is 45.7 Å². The molecule has 0 unspecified atom stereocenters. The summed E-state index contributed by atoms with van der Waals surface area (Å²) in [4.78, 5) is 8.72. The number of hydrogen-bond acceptors (Lipinski definition) is 4. The van der Waals surface area contributed by atoms with Crippen LogP contribution in [0, 0.1) is 6.92 Å². The van der Waals surface area contributed by atoms with Gasteiger partial charge in [0.05, 0.1) is 22.3 Å². The maximum Gasteiger partial charge on any atom is 0.147 e. The van der Waals surface area contributed by atoms with Crippen molar-refractivity contribution in [1.82, 2.24) is 9.97 Å². The summed E-state index contributed by atoms with van der Waals surface area (Å²) in [6.07, 6.45) is 1.77. The molecule has 2 aromatic rings. The number of nitrogens with one attached hydrogen (secondary N) is 2. The predicted molar refractivity (Wildman–Crippen MR) is 84.7 cm³/mol. The lowest BCUT2D eigenvalue weighted by Crippen LogP contribution is -2.07. The van der Waals surface area contributed by atoms with Crippen LogP contribution >= 0.6 is 23.2 Å². The van der Waals surface area contributed by atoms with Crippen molar-refractivity contribution in [2.24, 2.45) is 0 Å². The Balaban J connectivity index is 2.17. The molecule has 0 saturated heterocycles. The summed E-state index contributed by atoms with van der Waals surface area (Å²) >= 11 is 12.2. The Morgan fingerprint density at radius 3 is 2.50 bits per heavy atom. The fraction of sp³-hybridized carbons (Fsp3) is 0.286. The third kappa shape index (κ3) is 3.52. The van der Waals surface area contributed by atoms with Gasteiger partial charge in [-0.05, 0) is 31.5 Å². The van der Waals surface area contributed by atoms with Gasteiger partial charge in [-0.1, -0.05) is 29.3 Å². The van der Waals surface area contributed by atoms with Crippen LogP contribution < -0.4 is 10.6 Å². The molecule has 4 nitrogen and oxygen atoms in total. The van der Waals surface area contributed by atoms with Gasteiger partial charge >= 0.3 is 0 Å². The second kappa shape index (κ2) is 6.77. The van der Waals surface area contributed by atoms with Crippen LogP contribution in [0.5, 0.6) is 0 Å². The smallest absolute Gasteiger partial charge is 0.147 e. The molecule has 0 bridgehead atoms. The van der Waals surface area contributed by atoms with Gasteiger partial charge < -0.3 is 10.6 Å². The number of nitrogens with zero attached hydrogens (tertiary/aromatic N) is 2. The monoisotopic (exact) mass is 310 g/mol. The molecule has 2 aromatic heterocycles. The Hall–Kier alpha value is -1.52. The minimum absolute atomic E-state index is 0.491. The van der Waals surface area contributed by atoms with E-state index in [0.29, 0.717) is 28.2 Å². The Morgan fingerprint density at radius 1 is 1.15 bits per heavy atom. The highest BCUT2D eigenvalue weighted by Crippen LogP contribution is 2.29. The lowest BCUT2D eigenvalue weighted by Gasteiger charge is -2.12. The van der Waals surface area contributed by atoms with Crippen molar-refractivity contribution in [2.75, 3.05) is 17.2 Å². The molecule has 2 heterocycles. The summed E-state index contributed by atoms with van der Waals surface area (Å²) in [7, 11) is 0. The molecule has 2 rings (SSSR count). The van der Waals surface area contributed by atoms with E-state index in [1.165, 1.54) is 0 Å². The first-order valence-corrected chi connectivity index (χ1v) is 7.11. The fourth-order valence-electron chi connectivity index (χ4n) is 1.75. The average Bonchev–Trinajstić information content (AvgIpc) is 2.42. The van der Waals surface area contributed by atoms with Crippen molar-refractivity contribution in [3.63, 3.8) is 0 Å². The molecule has 0 saturated carbocycles. The molecular weight excluding hydrogens is 295 g/mol. The van der Waals surface area contributed by atoms with Crippen molar-refractivity contribution in [2.45, 2.75) is 20.4 Å². The van der Waals surface area contributed by atoms with E-state index in [4.69, 9.17) is 23.2 Å². The molecule has 0 aliphatic heterocycles. The van der Waals surface area contributed by atoms with Crippen LogP contribution in [-0.2, 0) is 6.54 Å². The zero-order valence-corrected chi connectivity index (χ0v) is 12.9. The zero-order chi connectivity index (χ0) is 14.5. The molecule has 0 fully saturated rings. The van der Waals surface area contributed by atoms with Gasteiger partial charge in [0.25, 0.3) is 0 Å². The number of pyridine rings is 2. The van der Waals surface area contributed by atoms with Crippen molar-refractivity contribution in [1.29, 1.82) is 0 Å². The highest BCUT2D eigenvalue weighted by Gasteiger charge is 2.09. The number of rotatable bonds is 5. The molecule has 0 aliphatic rings. The van der Waals surface area contributed by atoms with Gasteiger partial charge in [-0.3, -0.25) is 4.98 Å². The van der Waals surface area contributed by atoms with Gasteiger partial charge in [-0.2, -0.15) is 0 Å². The average molecular weight is 311 g/mol. The lowest BCUT2D eigenvalue weighted by atomic mass is 10.2. The van der Waals surface area contributed by atoms with Crippen LogP contribution in [0.15, 0.2) is 24.4 Å². The molecule has 0 amide bonds. The van der Waals surface area contributed by atoms with E-state index in [2.05, 4.69) is 20.6 Å². The molecule has 0 aromatic carbocycles. The lowest BCUT2D eigenvalue weighted by molar-refractivity contribution is 1.00. The fourth-order valence-corrected chi connectivity index (χ4v) is 2.25. The van der Waals surface area contributed by atoms with Gasteiger partial charge in [-0.15, -0.1) is 0 Å².